The Hall–Kier alpha value is -2.12. The van der Waals surface area contributed by atoms with E-state index in [-0.39, 0.29) is 0 Å². The zero-order chi connectivity index (χ0) is 32.9. The Balaban J connectivity index is 4.64. The van der Waals surface area contributed by atoms with Crippen molar-refractivity contribution < 1.29 is 0 Å². The van der Waals surface area contributed by atoms with Gasteiger partial charge in [0.1, 0.15) is 48.4 Å². The summed E-state index contributed by atoms with van der Waals surface area (Å²) in [7, 11) is -9.87. The lowest BCUT2D eigenvalue weighted by molar-refractivity contribution is 1.75. The van der Waals surface area contributed by atoms with Crippen LogP contribution in [-0.2, 0) is 0 Å². The zero-order valence-corrected chi connectivity index (χ0v) is 36.0. The van der Waals surface area contributed by atoms with Crippen molar-refractivity contribution in [2.24, 2.45) is 0 Å². The summed E-state index contributed by atoms with van der Waals surface area (Å²) in [5.41, 5.74) is 27.6. The largest absolute Gasteiger partial charge is 0.129 e. The average Bonchev–Trinajstić information content (AvgIpc) is 3.43. The lowest BCUT2D eigenvalue weighted by Crippen LogP contribution is -2.17. The second-order valence-corrected chi connectivity index (χ2v) is 45.8. The van der Waals surface area contributed by atoms with Crippen molar-refractivity contribution in [2.45, 2.75) is 118 Å². The third-order valence-corrected chi connectivity index (χ3v) is 10.1. The van der Waals surface area contributed by atoms with Crippen molar-refractivity contribution in [1.29, 1.82) is 0 Å². The van der Waals surface area contributed by atoms with Crippen molar-refractivity contribution in [1.82, 2.24) is 0 Å². The molecule has 0 heterocycles. The molecule has 0 aromatic rings. The SMILES string of the molecule is C[Si](C)(C)C#CC(C#C[Si](C)(C)C)=C1C(=C(C#C[Si](C)(C)C)C#C[Si](C)(C)C)C1=C(C#C[Si](C)(C)C)C#C[Si](C)(C)C. The molecule has 0 aromatic heterocycles. The topological polar surface area (TPSA) is 0 Å². The van der Waals surface area contributed by atoms with Crippen LogP contribution in [0.5, 0.6) is 0 Å². The van der Waals surface area contributed by atoms with Crippen LogP contribution in [0.15, 0.2) is 33.4 Å². The molecule has 1 rings (SSSR count). The molecule has 0 bridgehead atoms. The Morgan fingerprint density at radius 2 is 0.381 bits per heavy atom. The first-order valence-corrected chi connectivity index (χ1v) is 36.0. The van der Waals surface area contributed by atoms with Crippen LogP contribution in [0.25, 0.3) is 0 Å². The van der Waals surface area contributed by atoms with Gasteiger partial charge in [-0.05, 0) is 0 Å². The minimum Gasteiger partial charge on any atom is -0.126 e. The molecule has 1 saturated carbocycles. The van der Waals surface area contributed by atoms with E-state index >= 15 is 0 Å². The summed E-state index contributed by atoms with van der Waals surface area (Å²) in [4.78, 5) is 0. The Bertz CT molecular complexity index is 1260. The lowest BCUT2D eigenvalue weighted by Gasteiger charge is -2.05. The van der Waals surface area contributed by atoms with Crippen molar-refractivity contribution in [3.05, 3.63) is 33.4 Å². The van der Waals surface area contributed by atoms with E-state index in [1.165, 1.54) is 0 Å². The quantitative estimate of drug-likeness (QED) is 0.181. The van der Waals surface area contributed by atoms with Crippen LogP contribution in [0.2, 0.25) is 118 Å². The molecule has 0 amide bonds. The van der Waals surface area contributed by atoms with Gasteiger partial charge >= 0.3 is 0 Å². The van der Waals surface area contributed by atoms with Gasteiger partial charge in [-0.25, -0.2) is 0 Å². The van der Waals surface area contributed by atoms with Gasteiger partial charge in [-0.3, -0.25) is 0 Å². The van der Waals surface area contributed by atoms with Gasteiger partial charge in [-0.2, -0.15) is 0 Å². The van der Waals surface area contributed by atoms with E-state index in [9.17, 15) is 0 Å². The van der Waals surface area contributed by atoms with Gasteiger partial charge in [-0.15, -0.1) is 33.3 Å². The molecule has 1 aliphatic carbocycles. The molecule has 1 fully saturated rings. The van der Waals surface area contributed by atoms with E-state index in [0.717, 1.165) is 33.4 Å². The molecular weight excluding hydrogens is 601 g/mol. The predicted octanol–water partition coefficient (Wildman–Crippen LogP) is 9.17. The minimum absolute atomic E-state index is 0.897. The summed E-state index contributed by atoms with van der Waals surface area (Å²) >= 11 is 0. The Labute approximate surface area is 267 Å². The molecule has 0 aliphatic heterocycles. The molecule has 0 spiro atoms. The van der Waals surface area contributed by atoms with Crippen LogP contribution in [0.3, 0.4) is 0 Å². The second-order valence-electron chi connectivity index (χ2n) is 17.2. The van der Waals surface area contributed by atoms with Crippen molar-refractivity contribution in [3.63, 3.8) is 0 Å². The van der Waals surface area contributed by atoms with Crippen LogP contribution < -0.4 is 0 Å². The van der Waals surface area contributed by atoms with Crippen LogP contribution in [0, 0.1) is 68.8 Å². The van der Waals surface area contributed by atoms with E-state index < -0.39 is 48.4 Å². The molecule has 0 N–H and O–H groups in total. The molecule has 222 valence electrons. The Morgan fingerprint density at radius 3 is 0.476 bits per heavy atom. The van der Waals surface area contributed by atoms with E-state index in [4.69, 9.17) is 0 Å². The van der Waals surface area contributed by atoms with Gasteiger partial charge in [0, 0.05) is 16.7 Å². The molecule has 0 saturated heterocycles. The van der Waals surface area contributed by atoms with Crippen LogP contribution in [0.1, 0.15) is 0 Å². The fourth-order valence-electron chi connectivity index (χ4n) is 2.91. The molecular formula is C36H54Si6. The molecule has 0 radical (unpaired) electrons. The summed E-state index contributed by atoms with van der Waals surface area (Å²) < 4.78 is 0. The van der Waals surface area contributed by atoms with E-state index in [0.29, 0.717) is 0 Å². The normalized spacial score (nSPS) is 13.1. The summed E-state index contributed by atoms with van der Waals surface area (Å²) in [6.45, 7) is 41.1. The monoisotopic (exact) mass is 654 g/mol. The summed E-state index contributed by atoms with van der Waals surface area (Å²) in [5, 5.41) is 0. The molecule has 0 unspecified atom stereocenters. The maximum absolute atomic E-state index is 3.61. The number of rotatable bonds is 0. The first kappa shape index (κ1) is 37.9. The van der Waals surface area contributed by atoms with Gasteiger partial charge in [0.05, 0.1) is 16.7 Å². The molecule has 1 aliphatic rings. The van der Waals surface area contributed by atoms with Crippen LogP contribution in [-0.4, -0.2) is 48.4 Å². The highest BCUT2D eigenvalue weighted by molar-refractivity contribution is 6.86. The third-order valence-electron chi connectivity index (χ3n) is 4.81. The van der Waals surface area contributed by atoms with Crippen LogP contribution in [0.4, 0.5) is 0 Å². The lowest BCUT2D eigenvalue weighted by atomic mass is 10.2. The molecule has 6 heteroatoms. The Kier molecular flexibility index (Phi) is 12.3. The second kappa shape index (κ2) is 13.7. The van der Waals surface area contributed by atoms with Gasteiger partial charge in [-0.1, -0.05) is 153 Å². The standard InChI is InChI=1S/C36H54Si6/c1-37(2,3)25-19-31(20-26-38(4,5)6)34-35(32(21-27-39(7,8)9)22-28-40(10,11)12)36(34)33(23-29-41(13,14)15)24-30-42(16,17)18/h1-18H3. The fraction of sp³-hybridized carbons (Fsp3) is 0.500. The average molecular weight is 655 g/mol. The van der Waals surface area contributed by atoms with E-state index in [1.807, 2.05) is 0 Å². The highest BCUT2D eigenvalue weighted by atomic mass is 28.3. The number of hydrogen-bond donors (Lipinski definition) is 0. The number of allylic oxidation sites excluding steroid dienone is 6. The summed E-state index contributed by atoms with van der Waals surface area (Å²) in [6, 6.07) is 0. The predicted molar refractivity (Wildman–Crippen MR) is 208 cm³/mol. The van der Waals surface area contributed by atoms with Crippen molar-refractivity contribution >= 4 is 48.4 Å². The highest BCUT2D eigenvalue weighted by Gasteiger charge is 2.39. The first-order chi connectivity index (χ1) is 18.6. The number of hydrogen-bond acceptors (Lipinski definition) is 0. The van der Waals surface area contributed by atoms with Crippen molar-refractivity contribution in [3.8, 4) is 68.8 Å². The molecule has 0 nitrogen and oxygen atoms in total. The van der Waals surface area contributed by atoms with E-state index in [2.05, 4.69) is 187 Å². The minimum atomic E-state index is -1.65. The van der Waals surface area contributed by atoms with Gasteiger partial charge < -0.3 is 0 Å². The molecule has 0 aromatic carbocycles. The smallest absolute Gasteiger partial charge is 0.126 e. The maximum atomic E-state index is 3.61. The van der Waals surface area contributed by atoms with Gasteiger partial charge in [0.25, 0.3) is 0 Å². The van der Waals surface area contributed by atoms with Gasteiger partial charge in [0.15, 0.2) is 0 Å². The summed E-state index contributed by atoms with van der Waals surface area (Å²) in [6.07, 6.45) is 0. The van der Waals surface area contributed by atoms with E-state index in [1.54, 1.807) is 0 Å². The maximum Gasteiger partial charge on any atom is 0.129 e. The summed E-state index contributed by atoms with van der Waals surface area (Å²) in [5.74, 6) is 21.4. The first-order valence-electron chi connectivity index (χ1n) is 15.0. The highest BCUT2D eigenvalue weighted by Crippen LogP contribution is 2.50. The zero-order valence-electron chi connectivity index (χ0n) is 30.0. The molecule has 0 atom stereocenters. The van der Waals surface area contributed by atoms with Gasteiger partial charge in [0.2, 0.25) is 0 Å². The van der Waals surface area contributed by atoms with Crippen LogP contribution >= 0.6 is 0 Å². The Morgan fingerprint density at radius 1 is 0.262 bits per heavy atom. The fourth-order valence-corrected chi connectivity index (χ4v) is 5.91. The third kappa shape index (κ3) is 16.5. The van der Waals surface area contributed by atoms with Crippen molar-refractivity contribution in [2.75, 3.05) is 0 Å². The molecule has 42 heavy (non-hydrogen) atoms.